The van der Waals surface area contributed by atoms with Crippen LogP contribution in [0.15, 0.2) is 81.9 Å². The van der Waals surface area contributed by atoms with E-state index in [1.54, 1.807) is 42.5 Å². The fraction of sp³-hybridized carbons (Fsp3) is 0.192. The molecule has 35 heavy (non-hydrogen) atoms. The quantitative estimate of drug-likeness (QED) is 0.337. The molecule has 2 amide bonds. The minimum absolute atomic E-state index is 0.120. The van der Waals surface area contributed by atoms with Crippen molar-refractivity contribution in [3.63, 3.8) is 0 Å². The molecule has 2 heterocycles. The number of halogens is 1. The molecule has 1 aliphatic heterocycles. The first-order chi connectivity index (χ1) is 17.0. The molecular formula is C26H22ClN3O4S. The van der Waals surface area contributed by atoms with Crippen LogP contribution in [-0.4, -0.2) is 23.7 Å². The normalized spacial score (nSPS) is 16.7. The number of ether oxygens (including phenoxy) is 1. The fourth-order valence-corrected chi connectivity index (χ4v) is 5.12. The first-order valence-corrected chi connectivity index (χ1v) is 12.2. The summed E-state index contributed by atoms with van der Waals surface area (Å²) in [4.78, 5) is 28.0. The van der Waals surface area contributed by atoms with Gasteiger partial charge in [0.15, 0.2) is 0 Å². The van der Waals surface area contributed by atoms with Crippen molar-refractivity contribution in [2.45, 2.75) is 25.1 Å². The smallest absolute Gasteiger partial charge is 0.265 e. The second-order valence-corrected chi connectivity index (χ2v) is 9.16. The second-order valence-electron chi connectivity index (χ2n) is 7.56. The van der Waals surface area contributed by atoms with Crippen molar-refractivity contribution in [2.75, 3.05) is 11.5 Å². The summed E-state index contributed by atoms with van der Waals surface area (Å²) < 4.78 is 10.8. The van der Waals surface area contributed by atoms with Gasteiger partial charge in [-0.3, -0.25) is 14.5 Å². The average Bonchev–Trinajstić information content (AvgIpc) is 3.49. The molecule has 1 aliphatic rings. The highest BCUT2D eigenvalue weighted by molar-refractivity contribution is 8.05. The lowest BCUT2D eigenvalue weighted by atomic mass is 10.1. The molecule has 7 nitrogen and oxygen atoms in total. The highest BCUT2D eigenvalue weighted by Gasteiger charge is 2.41. The molecule has 0 saturated carbocycles. The van der Waals surface area contributed by atoms with Crippen molar-refractivity contribution in [1.29, 1.82) is 5.26 Å². The first-order valence-electron chi connectivity index (χ1n) is 10.9. The number of carbonyl (C=O) groups is 2. The predicted octanol–water partition coefficient (Wildman–Crippen LogP) is 5.07. The third-order valence-corrected chi connectivity index (χ3v) is 6.91. The lowest BCUT2D eigenvalue weighted by Crippen LogP contribution is -2.32. The van der Waals surface area contributed by atoms with E-state index >= 15 is 0 Å². The monoisotopic (exact) mass is 507 g/mol. The summed E-state index contributed by atoms with van der Waals surface area (Å²) in [5.41, 5.74) is 1.20. The van der Waals surface area contributed by atoms with Gasteiger partial charge in [0.25, 0.3) is 5.91 Å². The van der Waals surface area contributed by atoms with E-state index in [0.717, 1.165) is 5.56 Å². The molecule has 0 aliphatic carbocycles. The van der Waals surface area contributed by atoms with Crippen molar-refractivity contribution in [1.82, 2.24) is 5.32 Å². The van der Waals surface area contributed by atoms with Gasteiger partial charge in [-0.2, -0.15) is 5.26 Å². The van der Waals surface area contributed by atoms with Crippen molar-refractivity contribution in [3.05, 3.63) is 93.9 Å². The van der Waals surface area contributed by atoms with Gasteiger partial charge in [-0.1, -0.05) is 41.6 Å². The zero-order chi connectivity index (χ0) is 24.8. The first kappa shape index (κ1) is 24.5. The summed E-state index contributed by atoms with van der Waals surface area (Å²) in [7, 11) is 0. The number of rotatable bonds is 8. The number of nitriles is 1. The maximum Gasteiger partial charge on any atom is 0.265 e. The third-order valence-electron chi connectivity index (χ3n) is 5.28. The lowest BCUT2D eigenvalue weighted by Gasteiger charge is -2.19. The summed E-state index contributed by atoms with van der Waals surface area (Å²) in [6.07, 6.45) is 1.86. The molecule has 1 unspecified atom stereocenters. The highest BCUT2D eigenvalue weighted by Crippen LogP contribution is 2.42. The standard InChI is InChI=1S/C26H22ClN3O4S/c1-2-33-19-11-9-18(10-12-19)30-25(32)23(14-17-6-3-4-8-22(17)27)35-26(30)21(15-28)24(31)29-16-20-7-5-13-34-20/h3-13,23H,2,14,16H2,1H3,(H,29,31)/b26-21-. The number of nitrogens with zero attached hydrogens (tertiary/aromatic N) is 2. The van der Waals surface area contributed by atoms with Gasteiger partial charge in [0, 0.05) is 10.7 Å². The SMILES string of the molecule is CCOc1ccc(N2C(=O)C(Cc3ccccc3Cl)S/C2=C(/C#N)C(=O)NCc2ccco2)cc1. The Kier molecular flexibility index (Phi) is 7.80. The van der Waals surface area contributed by atoms with Crippen LogP contribution < -0.4 is 15.0 Å². The molecule has 0 spiro atoms. The number of nitrogens with one attached hydrogen (secondary N) is 1. The number of anilines is 1. The lowest BCUT2D eigenvalue weighted by molar-refractivity contribution is -0.117. The number of hydrogen-bond acceptors (Lipinski definition) is 6. The van der Waals surface area contributed by atoms with E-state index in [9.17, 15) is 14.9 Å². The predicted molar refractivity (Wildman–Crippen MR) is 135 cm³/mol. The number of amides is 2. The van der Waals surface area contributed by atoms with Crippen LogP contribution in [0.4, 0.5) is 5.69 Å². The number of furan rings is 1. The van der Waals surface area contributed by atoms with Crippen molar-refractivity contribution in [3.8, 4) is 11.8 Å². The van der Waals surface area contributed by atoms with E-state index in [1.807, 2.05) is 31.2 Å². The Morgan fingerprint density at radius 1 is 1.20 bits per heavy atom. The van der Waals surface area contributed by atoms with Crippen LogP contribution in [0.25, 0.3) is 0 Å². The number of hydrogen-bond donors (Lipinski definition) is 1. The molecule has 178 valence electrons. The summed E-state index contributed by atoms with van der Waals surface area (Å²) in [5.74, 6) is 0.385. The molecule has 1 atom stereocenters. The fourth-order valence-electron chi connectivity index (χ4n) is 3.61. The van der Waals surface area contributed by atoms with Gasteiger partial charge >= 0.3 is 0 Å². The Hall–Kier alpha value is -3.67. The third kappa shape index (κ3) is 5.53. The van der Waals surface area contributed by atoms with Crippen LogP contribution in [0.5, 0.6) is 5.75 Å². The topological polar surface area (TPSA) is 95.6 Å². The highest BCUT2D eigenvalue weighted by atomic mass is 35.5. The van der Waals surface area contributed by atoms with Gasteiger partial charge in [0.2, 0.25) is 5.91 Å². The Labute approximate surface area is 212 Å². The van der Waals surface area contributed by atoms with Gasteiger partial charge in [0.1, 0.15) is 28.2 Å². The molecule has 2 aromatic carbocycles. The Bertz CT molecular complexity index is 1280. The summed E-state index contributed by atoms with van der Waals surface area (Å²) >= 11 is 7.52. The molecular weight excluding hydrogens is 486 g/mol. The van der Waals surface area contributed by atoms with Crippen LogP contribution in [0.1, 0.15) is 18.2 Å². The number of carbonyl (C=O) groups excluding carboxylic acids is 2. The summed E-state index contributed by atoms with van der Waals surface area (Å²) in [6.45, 7) is 2.52. The van der Waals surface area contributed by atoms with E-state index in [1.165, 1.54) is 22.9 Å². The zero-order valence-electron chi connectivity index (χ0n) is 18.9. The summed E-state index contributed by atoms with van der Waals surface area (Å²) in [5, 5.41) is 12.9. The molecule has 1 saturated heterocycles. The van der Waals surface area contributed by atoms with E-state index in [-0.39, 0.29) is 23.1 Å². The van der Waals surface area contributed by atoms with Crippen molar-refractivity contribution < 1.29 is 18.7 Å². The molecule has 1 fully saturated rings. The maximum atomic E-state index is 13.6. The van der Waals surface area contributed by atoms with Crippen LogP contribution in [0, 0.1) is 11.3 Å². The molecule has 0 radical (unpaired) electrons. The average molecular weight is 508 g/mol. The van der Waals surface area contributed by atoms with Gasteiger partial charge in [0.05, 0.1) is 24.7 Å². The van der Waals surface area contributed by atoms with Gasteiger partial charge in [-0.05, 0) is 61.4 Å². The second kappa shape index (κ2) is 11.2. The van der Waals surface area contributed by atoms with Crippen LogP contribution in [-0.2, 0) is 22.6 Å². The Balaban J connectivity index is 1.68. The largest absolute Gasteiger partial charge is 0.494 e. The van der Waals surface area contributed by atoms with E-state index in [2.05, 4.69) is 5.32 Å². The maximum absolute atomic E-state index is 13.6. The van der Waals surface area contributed by atoms with Crippen LogP contribution >= 0.6 is 23.4 Å². The van der Waals surface area contributed by atoms with E-state index < -0.39 is 11.2 Å². The van der Waals surface area contributed by atoms with Gasteiger partial charge in [-0.15, -0.1) is 0 Å². The minimum Gasteiger partial charge on any atom is -0.494 e. The van der Waals surface area contributed by atoms with E-state index in [4.69, 9.17) is 20.8 Å². The van der Waals surface area contributed by atoms with Crippen molar-refractivity contribution in [2.24, 2.45) is 0 Å². The summed E-state index contributed by atoms with van der Waals surface area (Å²) in [6, 6.07) is 19.7. The van der Waals surface area contributed by atoms with Crippen LogP contribution in [0.2, 0.25) is 5.02 Å². The van der Waals surface area contributed by atoms with Gasteiger partial charge in [-0.25, -0.2) is 0 Å². The molecule has 0 bridgehead atoms. The molecule has 9 heteroatoms. The van der Waals surface area contributed by atoms with Crippen LogP contribution in [0.3, 0.4) is 0 Å². The number of benzene rings is 2. The molecule has 1 N–H and O–H groups in total. The number of thioether (sulfide) groups is 1. The Morgan fingerprint density at radius 2 is 1.97 bits per heavy atom. The minimum atomic E-state index is -0.589. The molecule has 3 aromatic rings. The van der Waals surface area contributed by atoms with Gasteiger partial charge < -0.3 is 14.5 Å². The Morgan fingerprint density at radius 3 is 2.63 bits per heavy atom. The molecule has 1 aromatic heterocycles. The zero-order valence-corrected chi connectivity index (χ0v) is 20.4. The van der Waals surface area contributed by atoms with E-state index in [0.29, 0.717) is 35.2 Å². The van der Waals surface area contributed by atoms with Crippen molar-refractivity contribution >= 4 is 40.9 Å². The molecule has 4 rings (SSSR count).